The number of hydrogen-bond acceptors (Lipinski definition) is 2. The zero-order valence-electron chi connectivity index (χ0n) is 11.2. The van der Waals surface area contributed by atoms with E-state index in [1.165, 1.54) is 17.2 Å². The monoisotopic (exact) mass is 269 g/mol. The van der Waals surface area contributed by atoms with E-state index in [1.54, 1.807) is 12.1 Å². The first-order valence-electron chi connectivity index (χ1n) is 6.85. The van der Waals surface area contributed by atoms with Crippen LogP contribution in [0.25, 0.3) is 0 Å². The Hall–Kier alpha value is -2.16. The van der Waals surface area contributed by atoms with E-state index in [1.807, 2.05) is 17.0 Å². The van der Waals surface area contributed by atoms with Gasteiger partial charge in [0.05, 0.1) is 5.69 Å². The molecule has 0 bridgehead atoms. The second kappa shape index (κ2) is 5.45. The quantitative estimate of drug-likeness (QED) is 0.776. The van der Waals surface area contributed by atoms with Gasteiger partial charge in [-0.15, -0.1) is 0 Å². The van der Waals surface area contributed by atoms with Gasteiger partial charge in [0.25, 0.3) is 0 Å². The maximum atomic E-state index is 14.1. The molecule has 20 heavy (non-hydrogen) atoms. The Bertz CT molecular complexity index is 639. The molecule has 0 unspecified atom stereocenters. The molecule has 3 heteroatoms. The number of aryl methyl sites for hydroxylation is 1. The van der Waals surface area contributed by atoms with Gasteiger partial charge in [-0.1, -0.05) is 30.3 Å². The van der Waals surface area contributed by atoms with E-state index in [0.717, 1.165) is 25.7 Å². The lowest BCUT2D eigenvalue weighted by molar-refractivity contribution is 0.112. The third-order valence-electron chi connectivity index (χ3n) is 3.81. The van der Waals surface area contributed by atoms with Gasteiger partial charge in [-0.3, -0.25) is 4.79 Å². The van der Waals surface area contributed by atoms with Gasteiger partial charge in [0.1, 0.15) is 5.82 Å². The molecule has 0 atom stereocenters. The van der Waals surface area contributed by atoms with Crippen molar-refractivity contribution in [2.45, 2.75) is 19.4 Å². The molecule has 0 aliphatic carbocycles. The summed E-state index contributed by atoms with van der Waals surface area (Å²) in [6, 6.07) is 12.9. The van der Waals surface area contributed by atoms with E-state index in [0.29, 0.717) is 17.8 Å². The Morgan fingerprint density at radius 3 is 2.65 bits per heavy atom. The fourth-order valence-electron chi connectivity index (χ4n) is 2.85. The third-order valence-corrected chi connectivity index (χ3v) is 3.81. The molecular weight excluding hydrogens is 253 g/mol. The molecule has 1 aliphatic heterocycles. The van der Waals surface area contributed by atoms with Crippen molar-refractivity contribution in [2.75, 3.05) is 11.4 Å². The SMILES string of the molecule is O=Cc1cccc(F)c1N1CCCc2ccccc2C1. The highest BCUT2D eigenvalue weighted by Gasteiger charge is 2.19. The van der Waals surface area contributed by atoms with E-state index in [2.05, 4.69) is 12.1 Å². The van der Waals surface area contributed by atoms with Crippen LogP contribution in [0.1, 0.15) is 27.9 Å². The summed E-state index contributed by atoms with van der Waals surface area (Å²) in [6.07, 6.45) is 2.69. The first-order chi connectivity index (χ1) is 9.79. The molecule has 0 N–H and O–H groups in total. The molecule has 1 heterocycles. The van der Waals surface area contributed by atoms with Crippen molar-refractivity contribution in [3.63, 3.8) is 0 Å². The molecule has 2 nitrogen and oxygen atoms in total. The molecule has 0 saturated heterocycles. The van der Waals surface area contributed by atoms with Gasteiger partial charge >= 0.3 is 0 Å². The third kappa shape index (κ3) is 2.31. The Morgan fingerprint density at radius 2 is 1.85 bits per heavy atom. The summed E-state index contributed by atoms with van der Waals surface area (Å²) in [5, 5.41) is 0. The maximum absolute atomic E-state index is 14.1. The molecule has 0 radical (unpaired) electrons. The van der Waals surface area contributed by atoms with Crippen LogP contribution in [-0.4, -0.2) is 12.8 Å². The van der Waals surface area contributed by atoms with Crippen molar-refractivity contribution >= 4 is 12.0 Å². The van der Waals surface area contributed by atoms with Gasteiger partial charge in [-0.25, -0.2) is 4.39 Å². The average Bonchev–Trinajstić information content (AvgIpc) is 2.68. The van der Waals surface area contributed by atoms with Gasteiger partial charge in [0.15, 0.2) is 6.29 Å². The lowest BCUT2D eigenvalue weighted by Crippen LogP contribution is -2.24. The molecule has 2 aromatic carbocycles. The fourth-order valence-corrected chi connectivity index (χ4v) is 2.85. The molecule has 0 saturated carbocycles. The highest BCUT2D eigenvalue weighted by atomic mass is 19.1. The van der Waals surface area contributed by atoms with E-state index >= 15 is 0 Å². The van der Waals surface area contributed by atoms with Crippen LogP contribution in [0.5, 0.6) is 0 Å². The molecule has 1 aliphatic rings. The molecule has 0 fully saturated rings. The predicted octanol–water partition coefficient (Wildman–Crippen LogP) is 3.59. The maximum Gasteiger partial charge on any atom is 0.152 e. The summed E-state index contributed by atoms with van der Waals surface area (Å²) >= 11 is 0. The molecule has 0 spiro atoms. The van der Waals surface area contributed by atoms with Crippen LogP contribution in [0.15, 0.2) is 42.5 Å². The number of benzene rings is 2. The lowest BCUT2D eigenvalue weighted by atomic mass is 10.0. The van der Waals surface area contributed by atoms with Crippen molar-refractivity contribution < 1.29 is 9.18 Å². The number of halogens is 1. The summed E-state index contributed by atoms with van der Waals surface area (Å²) in [7, 11) is 0. The molecule has 2 aromatic rings. The van der Waals surface area contributed by atoms with Crippen LogP contribution >= 0.6 is 0 Å². The van der Waals surface area contributed by atoms with Crippen LogP contribution in [0, 0.1) is 5.82 Å². The number of anilines is 1. The summed E-state index contributed by atoms with van der Waals surface area (Å²) < 4.78 is 14.1. The van der Waals surface area contributed by atoms with Gasteiger partial charge < -0.3 is 4.90 Å². The standard InChI is InChI=1S/C17H16FNO/c18-16-9-3-7-15(12-20)17(16)19-10-4-8-13-5-1-2-6-14(13)11-19/h1-3,5-7,9,12H,4,8,10-11H2. The van der Waals surface area contributed by atoms with Crippen LogP contribution in [-0.2, 0) is 13.0 Å². The molecule has 0 aromatic heterocycles. The molecule has 0 amide bonds. The highest BCUT2D eigenvalue weighted by molar-refractivity contribution is 5.84. The van der Waals surface area contributed by atoms with E-state index in [4.69, 9.17) is 0 Å². The fraction of sp³-hybridized carbons (Fsp3) is 0.235. The van der Waals surface area contributed by atoms with Crippen molar-refractivity contribution in [1.29, 1.82) is 0 Å². The van der Waals surface area contributed by atoms with E-state index in [9.17, 15) is 9.18 Å². The Labute approximate surface area is 117 Å². The topological polar surface area (TPSA) is 20.3 Å². The second-order valence-corrected chi connectivity index (χ2v) is 5.09. The van der Waals surface area contributed by atoms with Crippen LogP contribution in [0.2, 0.25) is 0 Å². The Morgan fingerprint density at radius 1 is 1.05 bits per heavy atom. The van der Waals surface area contributed by atoms with Crippen LogP contribution in [0.4, 0.5) is 10.1 Å². The highest BCUT2D eigenvalue weighted by Crippen LogP contribution is 2.28. The summed E-state index contributed by atoms with van der Waals surface area (Å²) in [5.41, 5.74) is 3.38. The van der Waals surface area contributed by atoms with Gasteiger partial charge in [0.2, 0.25) is 0 Å². The smallest absolute Gasteiger partial charge is 0.152 e. The van der Waals surface area contributed by atoms with Gasteiger partial charge in [-0.05, 0) is 36.1 Å². The van der Waals surface area contributed by atoms with Crippen LogP contribution in [0.3, 0.4) is 0 Å². The number of carbonyl (C=O) groups excluding carboxylic acids is 1. The summed E-state index contributed by atoms with van der Waals surface area (Å²) in [4.78, 5) is 13.1. The number of hydrogen-bond donors (Lipinski definition) is 0. The Kier molecular flexibility index (Phi) is 3.50. The number of rotatable bonds is 2. The van der Waals surface area contributed by atoms with Crippen molar-refractivity contribution in [2.24, 2.45) is 0 Å². The lowest BCUT2D eigenvalue weighted by Gasteiger charge is -2.25. The minimum absolute atomic E-state index is 0.325. The first kappa shape index (κ1) is 12.9. The predicted molar refractivity (Wildman–Crippen MR) is 77.6 cm³/mol. The normalized spacial score (nSPS) is 14.6. The number of carbonyl (C=O) groups is 1. The van der Waals surface area contributed by atoms with Gasteiger partial charge in [0, 0.05) is 18.7 Å². The first-order valence-corrected chi connectivity index (χ1v) is 6.85. The van der Waals surface area contributed by atoms with Crippen molar-refractivity contribution in [3.05, 3.63) is 65.0 Å². The largest absolute Gasteiger partial charge is 0.364 e. The average molecular weight is 269 g/mol. The van der Waals surface area contributed by atoms with Crippen molar-refractivity contribution in [1.82, 2.24) is 0 Å². The Balaban J connectivity index is 2.02. The number of aldehydes is 1. The zero-order chi connectivity index (χ0) is 13.9. The molecule has 3 rings (SSSR count). The number of para-hydroxylation sites is 1. The van der Waals surface area contributed by atoms with E-state index in [-0.39, 0.29) is 5.82 Å². The van der Waals surface area contributed by atoms with Crippen LogP contribution < -0.4 is 4.90 Å². The summed E-state index contributed by atoms with van der Waals surface area (Å²) in [6.45, 7) is 1.41. The van der Waals surface area contributed by atoms with Gasteiger partial charge in [-0.2, -0.15) is 0 Å². The minimum Gasteiger partial charge on any atom is -0.364 e. The summed E-state index contributed by atoms with van der Waals surface area (Å²) in [5.74, 6) is -0.325. The number of nitrogens with zero attached hydrogens (tertiary/aromatic N) is 1. The van der Waals surface area contributed by atoms with E-state index < -0.39 is 0 Å². The van der Waals surface area contributed by atoms with Crippen molar-refractivity contribution in [3.8, 4) is 0 Å². The zero-order valence-corrected chi connectivity index (χ0v) is 11.2. The minimum atomic E-state index is -0.325. The second-order valence-electron chi connectivity index (χ2n) is 5.09. The molecule has 102 valence electrons. The number of fused-ring (bicyclic) bond motifs is 1. The molecular formula is C17H16FNO.